The number of primary amides is 1. The molecule has 0 aliphatic carbocycles. The number of nitrogens with two attached hydrogens (primary N) is 1. The van der Waals surface area contributed by atoms with Crippen molar-refractivity contribution in [3.63, 3.8) is 0 Å². The number of rotatable bonds is 4. The van der Waals surface area contributed by atoms with E-state index in [0.29, 0.717) is 11.1 Å². The van der Waals surface area contributed by atoms with Crippen molar-refractivity contribution in [2.45, 2.75) is 12.0 Å². The number of nitrogens with zero attached hydrogens (tertiary/aromatic N) is 2. The molecule has 7 heteroatoms. The van der Waals surface area contributed by atoms with Gasteiger partial charge in [-0.2, -0.15) is 0 Å². The molecule has 0 spiro atoms. The molecule has 26 heavy (non-hydrogen) atoms. The Bertz CT molecular complexity index is 975. The standard InChI is InChI=1S/C19H19N5O2/c20-19(26)13-4-5-16(15-8-22-10-23-18(13)15)24-17-9-21-7-14(17)11-2-1-3-12(25)6-11/h1-6,8,10,14,17,21,24-25H,7,9H2,(H2,20,26). The monoisotopic (exact) mass is 349 g/mol. The molecule has 7 nitrogen and oxygen atoms in total. The minimum atomic E-state index is -0.513. The number of nitrogens with one attached hydrogen (secondary N) is 2. The molecule has 132 valence electrons. The lowest BCUT2D eigenvalue weighted by Crippen LogP contribution is -2.27. The number of carbonyl (C=O) groups is 1. The predicted octanol–water partition coefficient (Wildman–Crippen LogP) is 1.60. The molecule has 1 amide bonds. The fourth-order valence-electron chi connectivity index (χ4n) is 3.54. The quantitative estimate of drug-likeness (QED) is 0.569. The van der Waals surface area contributed by atoms with E-state index >= 15 is 0 Å². The van der Waals surface area contributed by atoms with E-state index in [1.807, 2.05) is 18.2 Å². The van der Waals surface area contributed by atoms with Gasteiger partial charge in [-0.3, -0.25) is 4.79 Å². The van der Waals surface area contributed by atoms with Crippen molar-refractivity contribution in [2.75, 3.05) is 18.4 Å². The van der Waals surface area contributed by atoms with Crippen molar-refractivity contribution in [3.8, 4) is 5.75 Å². The summed E-state index contributed by atoms with van der Waals surface area (Å²) in [4.78, 5) is 20.0. The zero-order valence-electron chi connectivity index (χ0n) is 14.0. The molecular formula is C19H19N5O2. The van der Waals surface area contributed by atoms with Crippen LogP contribution >= 0.6 is 0 Å². The predicted molar refractivity (Wildman–Crippen MR) is 99.2 cm³/mol. The fraction of sp³-hybridized carbons (Fsp3) is 0.211. The van der Waals surface area contributed by atoms with Crippen molar-refractivity contribution >= 4 is 22.5 Å². The maximum atomic E-state index is 11.6. The summed E-state index contributed by atoms with van der Waals surface area (Å²) in [6.45, 7) is 1.60. The highest BCUT2D eigenvalue weighted by Crippen LogP contribution is 2.31. The second kappa shape index (κ2) is 6.61. The van der Waals surface area contributed by atoms with Crippen molar-refractivity contribution in [3.05, 3.63) is 60.0 Å². The Kier molecular flexibility index (Phi) is 4.14. The molecule has 5 N–H and O–H groups in total. The number of fused-ring (bicyclic) bond motifs is 1. The van der Waals surface area contributed by atoms with Gasteiger partial charge in [0.1, 0.15) is 12.1 Å². The topological polar surface area (TPSA) is 113 Å². The Hall–Kier alpha value is -3.19. The van der Waals surface area contributed by atoms with E-state index in [9.17, 15) is 9.90 Å². The molecule has 1 aliphatic rings. The molecule has 1 fully saturated rings. The number of carbonyl (C=O) groups excluding carboxylic acids is 1. The van der Waals surface area contributed by atoms with Gasteiger partial charge in [0, 0.05) is 42.3 Å². The van der Waals surface area contributed by atoms with Crippen LogP contribution in [-0.4, -0.2) is 40.1 Å². The maximum absolute atomic E-state index is 11.6. The van der Waals surface area contributed by atoms with Crippen molar-refractivity contribution in [1.82, 2.24) is 15.3 Å². The molecular weight excluding hydrogens is 330 g/mol. The first kappa shape index (κ1) is 16.3. The summed E-state index contributed by atoms with van der Waals surface area (Å²) in [6, 6.07) is 11.0. The lowest BCUT2D eigenvalue weighted by Gasteiger charge is -2.22. The molecule has 4 rings (SSSR count). The number of phenols is 1. The van der Waals surface area contributed by atoms with E-state index < -0.39 is 5.91 Å². The van der Waals surface area contributed by atoms with E-state index in [-0.39, 0.29) is 17.7 Å². The number of phenolic OH excluding ortho intramolecular Hbond substituents is 1. The average molecular weight is 349 g/mol. The molecule has 3 aromatic rings. The Balaban J connectivity index is 1.69. The van der Waals surface area contributed by atoms with Gasteiger partial charge >= 0.3 is 0 Å². The molecule has 0 saturated carbocycles. The molecule has 1 aliphatic heterocycles. The summed E-state index contributed by atoms with van der Waals surface area (Å²) < 4.78 is 0. The van der Waals surface area contributed by atoms with Crippen molar-refractivity contribution < 1.29 is 9.90 Å². The Labute approximate surface area is 150 Å². The molecule has 2 heterocycles. The number of hydrogen-bond acceptors (Lipinski definition) is 6. The van der Waals surface area contributed by atoms with Gasteiger partial charge in [-0.15, -0.1) is 0 Å². The third-order valence-corrected chi connectivity index (χ3v) is 4.79. The highest BCUT2D eigenvalue weighted by Gasteiger charge is 2.29. The minimum absolute atomic E-state index is 0.125. The normalized spacial score (nSPS) is 19.5. The smallest absolute Gasteiger partial charge is 0.250 e. The van der Waals surface area contributed by atoms with Crippen LogP contribution in [0.5, 0.6) is 5.75 Å². The lowest BCUT2D eigenvalue weighted by atomic mass is 9.93. The van der Waals surface area contributed by atoms with E-state index in [1.54, 1.807) is 24.4 Å². The summed E-state index contributed by atoms with van der Waals surface area (Å²) in [5.74, 6) is -0.0455. The average Bonchev–Trinajstić information content (AvgIpc) is 3.10. The largest absolute Gasteiger partial charge is 0.508 e. The molecule has 2 atom stereocenters. The Morgan fingerprint density at radius 3 is 2.96 bits per heavy atom. The van der Waals surface area contributed by atoms with Gasteiger partial charge < -0.3 is 21.5 Å². The Morgan fingerprint density at radius 2 is 2.15 bits per heavy atom. The van der Waals surface area contributed by atoms with E-state index in [2.05, 4.69) is 20.6 Å². The first-order chi connectivity index (χ1) is 12.6. The van der Waals surface area contributed by atoms with Crippen LogP contribution in [0.25, 0.3) is 10.9 Å². The second-order valence-electron chi connectivity index (χ2n) is 6.42. The second-order valence-corrected chi connectivity index (χ2v) is 6.42. The SMILES string of the molecule is NC(=O)c1ccc(NC2CNCC2c2cccc(O)c2)c2cncnc12. The van der Waals surface area contributed by atoms with Gasteiger partial charge in [0.2, 0.25) is 0 Å². The van der Waals surface area contributed by atoms with Crippen LogP contribution in [0.3, 0.4) is 0 Å². The van der Waals surface area contributed by atoms with Crippen LogP contribution < -0.4 is 16.4 Å². The number of benzene rings is 2. The van der Waals surface area contributed by atoms with Crippen LogP contribution in [0.1, 0.15) is 21.8 Å². The molecule has 2 aromatic carbocycles. The van der Waals surface area contributed by atoms with E-state index in [0.717, 1.165) is 29.7 Å². The van der Waals surface area contributed by atoms with Gasteiger partial charge in [-0.25, -0.2) is 9.97 Å². The summed E-state index contributed by atoms with van der Waals surface area (Å²) in [5, 5.41) is 17.5. The third-order valence-electron chi connectivity index (χ3n) is 4.79. The van der Waals surface area contributed by atoms with Gasteiger partial charge in [-0.05, 0) is 29.8 Å². The number of amides is 1. The van der Waals surface area contributed by atoms with E-state index in [4.69, 9.17) is 5.73 Å². The fourth-order valence-corrected chi connectivity index (χ4v) is 3.54. The zero-order chi connectivity index (χ0) is 18.1. The highest BCUT2D eigenvalue weighted by molar-refractivity contribution is 6.07. The first-order valence-electron chi connectivity index (χ1n) is 8.42. The van der Waals surface area contributed by atoms with Crippen molar-refractivity contribution in [1.29, 1.82) is 0 Å². The van der Waals surface area contributed by atoms with Crippen LogP contribution in [-0.2, 0) is 0 Å². The molecule has 2 unspecified atom stereocenters. The zero-order valence-corrected chi connectivity index (χ0v) is 14.0. The van der Waals surface area contributed by atoms with Crippen LogP contribution in [0.4, 0.5) is 5.69 Å². The van der Waals surface area contributed by atoms with Gasteiger partial charge in [0.05, 0.1) is 11.1 Å². The molecule has 0 radical (unpaired) electrons. The molecule has 1 saturated heterocycles. The third kappa shape index (κ3) is 2.93. The number of aromatic nitrogens is 2. The van der Waals surface area contributed by atoms with Crippen LogP contribution in [0.15, 0.2) is 48.9 Å². The van der Waals surface area contributed by atoms with Gasteiger partial charge in [0.25, 0.3) is 5.91 Å². The lowest BCUT2D eigenvalue weighted by molar-refractivity contribution is 0.100. The summed E-state index contributed by atoms with van der Waals surface area (Å²) in [5.41, 5.74) is 8.29. The summed E-state index contributed by atoms with van der Waals surface area (Å²) in [6.07, 6.45) is 3.09. The molecule has 1 aromatic heterocycles. The minimum Gasteiger partial charge on any atom is -0.508 e. The van der Waals surface area contributed by atoms with Crippen LogP contribution in [0, 0.1) is 0 Å². The van der Waals surface area contributed by atoms with Crippen molar-refractivity contribution in [2.24, 2.45) is 5.73 Å². The number of anilines is 1. The highest BCUT2D eigenvalue weighted by atomic mass is 16.3. The maximum Gasteiger partial charge on any atom is 0.250 e. The van der Waals surface area contributed by atoms with Gasteiger partial charge in [-0.1, -0.05) is 12.1 Å². The van der Waals surface area contributed by atoms with Crippen LogP contribution in [0.2, 0.25) is 0 Å². The molecule has 0 bridgehead atoms. The number of hydrogen-bond donors (Lipinski definition) is 4. The summed E-state index contributed by atoms with van der Waals surface area (Å²) >= 11 is 0. The Morgan fingerprint density at radius 1 is 1.27 bits per heavy atom. The number of aromatic hydroxyl groups is 1. The summed E-state index contributed by atoms with van der Waals surface area (Å²) in [7, 11) is 0. The van der Waals surface area contributed by atoms with E-state index in [1.165, 1.54) is 6.33 Å². The van der Waals surface area contributed by atoms with Gasteiger partial charge in [0.15, 0.2) is 0 Å². The first-order valence-corrected chi connectivity index (χ1v) is 8.42.